The zero-order chi connectivity index (χ0) is 11.0. The van der Waals surface area contributed by atoms with Crippen molar-refractivity contribution in [3.05, 3.63) is 0 Å². The Morgan fingerprint density at radius 2 is 2.00 bits per heavy atom. The summed E-state index contributed by atoms with van der Waals surface area (Å²) in [7, 11) is 0. The molecule has 14 heavy (non-hydrogen) atoms. The maximum absolute atomic E-state index is 11.6. The molecule has 0 saturated heterocycles. The van der Waals surface area contributed by atoms with E-state index in [0.717, 1.165) is 12.8 Å². The first kappa shape index (κ1) is 11.5. The van der Waals surface area contributed by atoms with Gasteiger partial charge in [-0.3, -0.25) is 4.79 Å². The van der Waals surface area contributed by atoms with E-state index in [4.69, 9.17) is 5.73 Å². The Hall–Kier alpha value is -0.570. The fourth-order valence-electron chi connectivity index (χ4n) is 1.21. The molecule has 1 saturated carbocycles. The van der Waals surface area contributed by atoms with Gasteiger partial charge in [0.15, 0.2) is 0 Å². The normalized spacial score (nSPS) is 21.5. The van der Waals surface area contributed by atoms with Crippen LogP contribution >= 0.6 is 0 Å². The molecule has 82 valence electrons. The fraction of sp³-hybridized carbons (Fsp3) is 0.909. The Balaban J connectivity index is 2.33. The maximum Gasteiger partial charge on any atom is 0.221 e. The van der Waals surface area contributed by atoms with Crippen LogP contribution in [0.3, 0.4) is 0 Å². The molecule has 1 unspecified atom stereocenters. The molecule has 0 aromatic carbocycles. The van der Waals surface area contributed by atoms with Crippen LogP contribution in [0.15, 0.2) is 0 Å². The Labute approximate surface area is 86.4 Å². The van der Waals surface area contributed by atoms with Gasteiger partial charge in [0.05, 0.1) is 0 Å². The third kappa shape index (κ3) is 3.29. The average molecular weight is 198 g/mol. The highest BCUT2D eigenvalue weighted by atomic mass is 16.1. The first-order chi connectivity index (χ1) is 6.23. The quantitative estimate of drug-likeness (QED) is 0.720. The highest BCUT2D eigenvalue weighted by molar-refractivity contribution is 5.77. The Morgan fingerprint density at radius 1 is 1.50 bits per heavy atom. The topological polar surface area (TPSA) is 55.1 Å². The third-order valence-corrected chi connectivity index (χ3v) is 2.96. The van der Waals surface area contributed by atoms with Gasteiger partial charge >= 0.3 is 0 Å². The van der Waals surface area contributed by atoms with E-state index < -0.39 is 0 Å². The van der Waals surface area contributed by atoms with Crippen molar-refractivity contribution in [3.63, 3.8) is 0 Å². The van der Waals surface area contributed by atoms with Crippen molar-refractivity contribution in [2.24, 2.45) is 11.1 Å². The van der Waals surface area contributed by atoms with E-state index >= 15 is 0 Å². The summed E-state index contributed by atoms with van der Waals surface area (Å²) in [6.07, 6.45) is 2.63. The summed E-state index contributed by atoms with van der Waals surface area (Å²) in [5.41, 5.74) is 6.01. The van der Waals surface area contributed by atoms with E-state index in [9.17, 15) is 4.79 Å². The minimum absolute atomic E-state index is 0.00178. The van der Waals surface area contributed by atoms with Crippen LogP contribution in [-0.2, 0) is 4.79 Å². The van der Waals surface area contributed by atoms with E-state index in [-0.39, 0.29) is 22.9 Å². The van der Waals surface area contributed by atoms with Crippen molar-refractivity contribution in [2.45, 2.75) is 58.5 Å². The number of hydrogen-bond donors (Lipinski definition) is 2. The Bertz CT molecular complexity index is 226. The highest BCUT2D eigenvalue weighted by Gasteiger charge is 2.39. The lowest BCUT2D eigenvalue weighted by atomic mass is 9.85. The molecule has 0 aromatic heterocycles. The first-order valence-electron chi connectivity index (χ1n) is 5.30. The molecule has 0 bridgehead atoms. The van der Waals surface area contributed by atoms with E-state index in [2.05, 4.69) is 33.0 Å². The van der Waals surface area contributed by atoms with E-state index in [1.165, 1.54) is 0 Å². The molecule has 3 N–H and O–H groups in total. The average Bonchev–Trinajstić information content (AvgIpc) is 2.64. The number of carbonyl (C=O) groups is 1. The lowest BCUT2D eigenvalue weighted by molar-refractivity contribution is -0.122. The molecule has 0 heterocycles. The van der Waals surface area contributed by atoms with Gasteiger partial charge in [0.2, 0.25) is 5.91 Å². The molecule has 3 heteroatoms. The van der Waals surface area contributed by atoms with Crippen LogP contribution < -0.4 is 11.1 Å². The number of nitrogens with two attached hydrogens (primary N) is 1. The molecule has 0 aliphatic heterocycles. The zero-order valence-corrected chi connectivity index (χ0v) is 9.68. The molecule has 1 amide bonds. The van der Waals surface area contributed by atoms with Crippen LogP contribution in [0.4, 0.5) is 0 Å². The summed E-state index contributed by atoms with van der Waals surface area (Å²) in [5, 5.41) is 3.01. The summed E-state index contributed by atoms with van der Waals surface area (Å²) in [6, 6.07) is -0.0650. The van der Waals surface area contributed by atoms with Crippen LogP contribution in [0.1, 0.15) is 47.0 Å². The van der Waals surface area contributed by atoms with Crippen LogP contribution in [0.2, 0.25) is 0 Å². The molecule has 0 spiro atoms. The second-order valence-electron chi connectivity index (χ2n) is 5.79. The van der Waals surface area contributed by atoms with Crippen molar-refractivity contribution >= 4 is 5.91 Å². The molecule has 1 atom stereocenters. The SMILES string of the molecule is CC1(NC(=O)CC(N)C(C)(C)C)CC1. The second kappa shape index (κ2) is 3.54. The molecule has 3 nitrogen and oxygen atoms in total. The maximum atomic E-state index is 11.6. The molecular formula is C11H22N2O. The van der Waals surface area contributed by atoms with Crippen LogP contribution in [0.25, 0.3) is 0 Å². The minimum Gasteiger partial charge on any atom is -0.351 e. The van der Waals surface area contributed by atoms with Crippen molar-refractivity contribution in [2.75, 3.05) is 0 Å². The Kier molecular flexibility index (Phi) is 2.91. The van der Waals surface area contributed by atoms with Gasteiger partial charge in [-0.25, -0.2) is 0 Å². The summed E-state index contributed by atoms with van der Waals surface area (Å²) in [6.45, 7) is 8.25. The minimum atomic E-state index is -0.0650. The number of amides is 1. The van der Waals surface area contributed by atoms with Gasteiger partial charge in [-0.1, -0.05) is 20.8 Å². The van der Waals surface area contributed by atoms with Crippen LogP contribution in [0.5, 0.6) is 0 Å². The number of carbonyl (C=O) groups excluding carboxylic acids is 1. The summed E-state index contributed by atoms with van der Waals surface area (Å²) < 4.78 is 0. The van der Waals surface area contributed by atoms with Crippen molar-refractivity contribution in [1.82, 2.24) is 5.32 Å². The predicted octanol–water partition coefficient (Wildman–Crippen LogP) is 1.42. The molecule has 0 aromatic rings. The van der Waals surface area contributed by atoms with Gasteiger partial charge in [0.1, 0.15) is 0 Å². The van der Waals surface area contributed by atoms with Gasteiger partial charge in [0.25, 0.3) is 0 Å². The first-order valence-corrected chi connectivity index (χ1v) is 5.30. The monoisotopic (exact) mass is 198 g/mol. The summed E-state index contributed by atoms with van der Waals surface area (Å²) in [4.78, 5) is 11.6. The smallest absolute Gasteiger partial charge is 0.221 e. The van der Waals surface area contributed by atoms with Crippen molar-refractivity contribution in [1.29, 1.82) is 0 Å². The summed E-state index contributed by atoms with van der Waals surface area (Å²) >= 11 is 0. The lowest BCUT2D eigenvalue weighted by Crippen LogP contribution is -2.42. The Morgan fingerprint density at radius 3 is 2.36 bits per heavy atom. The number of rotatable bonds is 3. The second-order valence-corrected chi connectivity index (χ2v) is 5.79. The molecule has 1 aliphatic rings. The fourth-order valence-corrected chi connectivity index (χ4v) is 1.21. The largest absolute Gasteiger partial charge is 0.351 e. The standard InChI is InChI=1S/C11H22N2O/c1-10(2,3)8(12)7-9(14)13-11(4)5-6-11/h8H,5-7,12H2,1-4H3,(H,13,14). The van der Waals surface area contributed by atoms with Gasteiger partial charge in [-0.05, 0) is 25.2 Å². The van der Waals surface area contributed by atoms with Crippen LogP contribution in [-0.4, -0.2) is 17.5 Å². The molecule has 1 rings (SSSR count). The predicted molar refractivity (Wildman–Crippen MR) is 57.8 cm³/mol. The van der Waals surface area contributed by atoms with E-state index in [1.807, 2.05) is 0 Å². The lowest BCUT2D eigenvalue weighted by Gasteiger charge is -2.27. The van der Waals surface area contributed by atoms with Gasteiger partial charge in [-0.15, -0.1) is 0 Å². The van der Waals surface area contributed by atoms with Crippen LogP contribution in [0, 0.1) is 5.41 Å². The zero-order valence-electron chi connectivity index (χ0n) is 9.68. The molecule has 1 fully saturated rings. The molecule has 1 aliphatic carbocycles. The van der Waals surface area contributed by atoms with Gasteiger partial charge in [-0.2, -0.15) is 0 Å². The number of hydrogen-bond acceptors (Lipinski definition) is 2. The van der Waals surface area contributed by atoms with Crippen molar-refractivity contribution in [3.8, 4) is 0 Å². The third-order valence-electron chi connectivity index (χ3n) is 2.96. The van der Waals surface area contributed by atoms with Gasteiger partial charge < -0.3 is 11.1 Å². The van der Waals surface area contributed by atoms with Crippen molar-refractivity contribution < 1.29 is 4.79 Å². The highest BCUT2D eigenvalue weighted by Crippen LogP contribution is 2.34. The molecular weight excluding hydrogens is 176 g/mol. The number of nitrogens with one attached hydrogen (secondary N) is 1. The van der Waals surface area contributed by atoms with Gasteiger partial charge in [0, 0.05) is 18.0 Å². The van der Waals surface area contributed by atoms with E-state index in [1.54, 1.807) is 0 Å². The summed E-state index contributed by atoms with van der Waals surface area (Å²) in [5.74, 6) is 0.0902. The van der Waals surface area contributed by atoms with E-state index in [0.29, 0.717) is 6.42 Å². The molecule has 0 radical (unpaired) electrons.